The Balaban J connectivity index is 3.60. The molecule has 0 aliphatic heterocycles. The Morgan fingerprint density at radius 2 is 1.12 bits per heavy atom. The summed E-state index contributed by atoms with van der Waals surface area (Å²) in [7, 11) is 0. The second-order valence-electron chi connectivity index (χ2n) is 11.7. The lowest BCUT2D eigenvalue weighted by Gasteiger charge is -2.37. The van der Waals surface area contributed by atoms with Gasteiger partial charge in [0.2, 0.25) is 6.41 Å². The molecule has 0 aliphatic carbocycles. The molecule has 0 saturated heterocycles. The summed E-state index contributed by atoms with van der Waals surface area (Å²) in [6, 6.07) is 2.69. The molecule has 0 aromatic carbocycles. The SMILES string of the molecule is CCCCCCCCCCCCCCCCOC(=O)NCCCCCCOC(OCCC#N)N(C(C)C)C(C)C. The van der Waals surface area contributed by atoms with Crippen molar-refractivity contribution in [2.45, 2.75) is 175 Å². The first-order valence-electron chi connectivity index (χ1n) is 16.7. The molecule has 1 atom stereocenters. The summed E-state index contributed by atoms with van der Waals surface area (Å²) in [5.74, 6) is 0. The summed E-state index contributed by atoms with van der Waals surface area (Å²) in [5.41, 5.74) is 0. The highest BCUT2D eigenvalue weighted by atomic mass is 16.7. The van der Waals surface area contributed by atoms with Gasteiger partial charge in [-0.15, -0.1) is 0 Å². The van der Waals surface area contributed by atoms with Crippen LogP contribution in [-0.2, 0) is 14.2 Å². The van der Waals surface area contributed by atoms with Crippen LogP contribution < -0.4 is 5.32 Å². The van der Waals surface area contributed by atoms with E-state index in [9.17, 15) is 4.79 Å². The highest BCUT2D eigenvalue weighted by Gasteiger charge is 2.25. The van der Waals surface area contributed by atoms with Gasteiger partial charge in [0.25, 0.3) is 0 Å². The van der Waals surface area contributed by atoms with Crippen molar-refractivity contribution in [2.24, 2.45) is 0 Å². The second kappa shape index (κ2) is 29.1. The molecule has 0 radical (unpaired) electrons. The molecule has 0 aliphatic rings. The van der Waals surface area contributed by atoms with Gasteiger partial charge in [0.15, 0.2) is 0 Å². The number of nitrogens with zero attached hydrogens (tertiary/aromatic N) is 2. The third-order valence-corrected chi connectivity index (χ3v) is 7.24. The molecule has 0 saturated carbocycles. The summed E-state index contributed by atoms with van der Waals surface area (Å²) in [4.78, 5) is 14.1. The van der Waals surface area contributed by atoms with Crippen LogP contribution in [0.3, 0.4) is 0 Å². The Bertz CT molecular complexity index is 587. The number of ether oxygens (including phenoxy) is 3. The van der Waals surface area contributed by atoms with Gasteiger partial charge in [-0.05, 0) is 47.0 Å². The molecule has 1 N–H and O–H groups in total. The maximum absolute atomic E-state index is 11.9. The lowest BCUT2D eigenvalue weighted by molar-refractivity contribution is -0.240. The van der Waals surface area contributed by atoms with Crippen LogP contribution in [-0.4, -0.2) is 55.9 Å². The molecule has 1 amide bonds. The summed E-state index contributed by atoms with van der Waals surface area (Å²) < 4.78 is 17.2. The number of hydrogen-bond donors (Lipinski definition) is 1. The number of hydrogen-bond acceptors (Lipinski definition) is 6. The zero-order valence-corrected chi connectivity index (χ0v) is 27.0. The maximum atomic E-state index is 11.9. The van der Waals surface area contributed by atoms with E-state index in [0.29, 0.717) is 32.8 Å². The Kier molecular flexibility index (Phi) is 28.2. The van der Waals surface area contributed by atoms with Gasteiger partial charge in [-0.2, -0.15) is 5.26 Å². The minimum absolute atomic E-state index is 0.285. The molecule has 7 heteroatoms. The minimum atomic E-state index is -0.426. The van der Waals surface area contributed by atoms with Crippen molar-refractivity contribution >= 4 is 6.09 Å². The van der Waals surface area contributed by atoms with Gasteiger partial charge in [0, 0.05) is 18.6 Å². The average Bonchev–Trinajstić information content (AvgIpc) is 2.91. The zero-order chi connectivity index (χ0) is 29.7. The predicted octanol–water partition coefficient (Wildman–Crippen LogP) is 9.10. The van der Waals surface area contributed by atoms with Gasteiger partial charge in [-0.3, -0.25) is 4.90 Å². The summed E-state index contributed by atoms with van der Waals surface area (Å²) >= 11 is 0. The van der Waals surface area contributed by atoms with Crippen molar-refractivity contribution in [3.8, 4) is 6.07 Å². The number of unbranched alkanes of at least 4 members (excludes halogenated alkanes) is 16. The second-order valence-corrected chi connectivity index (χ2v) is 11.7. The topological polar surface area (TPSA) is 83.8 Å². The molecule has 0 heterocycles. The van der Waals surface area contributed by atoms with E-state index in [4.69, 9.17) is 19.5 Å². The first-order valence-corrected chi connectivity index (χ1v) is 16.7. The van der Waals surface area contributed by atoms with Crippen LogP contribution in [0.5, 0.6) is 0 Å². The molecule has 0 rings (SSSR count). The van der Waals surface area contributed by atoms with Gasteiger partial charge < -0.3 is 19.5 Å². The van der Waals surface area contributed by atoms with E-state index in [0.717, 1.165) is 38.5 Å². The first kappa shape index (κ1) is 38.6. The molecular weight excluding hydrogens is 502 g/mol. The lowest BCUT2D eigenvalue weighted by Crippen LogP contribution is -2.48. The van der Waals surface area contributed by atoms with E-state index in [1.54, 1.807) is 0 Å². The third kappa shape index (κ3) is 24.4. The van der Waals surface area contributed by atoms with Crippen LogP contribution in [0.25, 0.3) is 0 Å². The van der Waals surface area contributed by atoms with Crippen LogP contribution in [0.1, 0.15) is 157 Å². The fraction of sp³-hybridized carbons (Fsp3) is 0.939. The van der Waals surface area contributed by atoms with E-state index < -0.39 is 6.41 Å². The number of nitrogens with one attached hydrogen (secondary N) is 1. The quantitative estimate of drug-likeness (QED) is 0.0717. The lowest BCUT2D eigenvalue weighted by atomic mass is 10.0. The van der Waals surface area contributed by atoms with E-state index >= 15 is 0 Å². The summed E-state index contributed by atoms with van der Waals surface area (Å²) in [6.07, 6.45) is 22.1. The zero-order valence-electron chi connectivity index (χ0n) is 27.0. The molecule has 0 aromatic rings. The van der Waals surface area contributed by atoms with Gasteiger partial charge >= 0.3 is 6.09 Å². The van der Waals surface area contributed by atoms with Crippen LogP contribution in [0.4, 0.5) is 4.79 Å². The van der Waals surface area contributed by atoms with E-state index in [-0.39, 0.29) is 18.2 Å². The van der Waals surface area contributed by atoms with Crippen LogP contribution in [0.2, 0.25) is 0 Å². The van der Waals surface area contributed by atoms with Crippen molar-refractivity contribution in [1.82, 2.24) is 10.2 Å². The highest BCUT2D eigenvalue weighted by molar-refractivity contribution is 5.66. The molecule has 40 heavy (non-hydrogen) atoms. The van der Waals surface area contributed by atoms with Crippen molar-refractivity contribution in [2.75, 3.05) is 26.4 Å². The van der Waals surface area contributed by atoms with Gasteiger partial charge in [-0.1, -0.05) is 103 Å². The van der Waals surface area contributed by atoms with Crippen LogP contribution in [0.15, 0.2) is 0 Å². The molecule has 0 spiro atoms. The number of rotatable bonds is 29. The number of alkyl carbamates (subject to hydrolysis) is 1. The molecule has 236 valence electrons. The summed E-state index contributed by atoms with van der Waals surface area (Å²) in [5, 5.41) is 11.7. The minimum Gasteiger partial charge on any atom is -0.450 e. The number of carbonyl (C=O) groups excluding carboxylic acids is 1. The van der Waals surface area contributed by atoms with Crippen molar-refractivity contribution in [3.05, 3.63) is 0 Å². The molecule has 1 unspecified atom stereocenters. The molecule has 0 aromatic heterocycles. The van der Waals surface area contributed by atoms with E-state index in [2.05, 4.69) is 50.9 Å². The number of nitriles is 1. The van der Waals surface area contributed by atoms with Crippen molar-refractivity contribution in [3.63, 3.8) is 0 Å². The van der Waals surface area contributed by atoms with Crippen LogP contribution >= 0.6 is 0 Å². The van der Waals surface area contributed by atoms with E-state index in [1.165, 1.54) is 77.0 Å². The number of amides is 1. The fourth-order valence-corrected chi connectivity index (χ4v) is 4.98. The number of carbonyl (C=O) groups is 1. The fourth-order valence-electron chi connectivity index (χ4n) is 4.98. The smallest absolute Gasteiger partial charge is 0.407 e. The molecule has 7 nitrogen and oxygen atoms in total. The monoisotopic (exact) mass is 567 g/mol. The Morgan fingerprint density at radius 1 is 0.675 bits per heavy atom. The van der Waals surface area contributed by atoms with Gasteiger partial charge in [0.05, 0.1) is 32.3 Å². The Morgan fingerprint density at radius 3 is 1.62 bits per heavy atom. The van der Waals surface area contributed by atoms with Gasteiger partial charge in [0.1, 0.15) is 0 Å². The third-order valence-electron chi connectivity index (χ3n) is 7.24. The first-order chi connectivity index (χ1) is 19.4. The standard InChI is InChI=1S/C33H65N3O4/c1-6-7-8-9-10-11-12-13-14-15-16-17-19-22-27-38-32(37)35-26-21-18-20-23-28-39-33(40-29-24-25-34)36(30(2)3)31(4)5/h30-31,33H,6-24,26-29H2,1-5H3,(H,35,37). The van der Waals surface area contributed by atoms with Crippen molar-refractivity contribution in [1.29, 1.82) is 5.26 Å². The summed E-state index contributed by atoms with van der Waals surface area (Å²) in [6.45, 7) is 12.9. The molecule has 0 fully saturated rings. The maximum Gasteiger partial charge on any atom is 0.407 e. The van der Waals surface area contributed by atoms with Gasteiger partial charge in [-0.25, -0.2) is 4.79 Å². The molecule has 0 bridgehead atoms. The largest absolute Gasteiger partial charge is 0.450 e. The normalized spacial score (nSPS) is 12.3. The Hall–Kier alpha value is -1.36. The average molecular weight is 568 g/mol. The van der Waals surface area contributed by atoms with Crippen molar-refractivity contribution < 1.29 is 19.0 Å². The predicted molar refractivity (Wildman–Crippen MR) is 166 cm³/mol. The molecular formula is C33H65N3O4. The van der Waals surface area contributed by atoms with Crippen LogP contribution in [0, 0.1) is 11.3 Å². The Labute approximate surface area is 248 Å². The highest BCUT2D eigenvalue weighted by Crippen LogP contribution is 2.15. The van der Waals surface area contributed by atoms with E-state index in [1.807, 2.05) is 0 Å².